The van der Waals surface area contributed by atoms with Crippen LogP contribution in [0.1, 0.15) is 29.5 Å². The predicted molar refractivity (Wildman–Crippen MR) is 115 cm³/mol. The van der Waals surface area contributed by atoms with E-state index in [0.717, 1.165) is 34.6 Å². The lowest BCUT2D eigenvalue weighted by Gasteiger charge is -2.33. The molecule has 5 rings (SSSR count). The molecule has 162 valence electrons. The molecular weight excluding hydrogens is 408 g/mol. The number of aryl methyl sites for hydroxylation is 1. The molecule has 8 nitrogen and oxygen atoms in total. The Labute approximate surface area is 184 Å². The van der Waals surface area contributed by atoms with E-state index in [0.29, 0.717) is 12.0 Å². The molecule has 0 radical (unpaired) electrons. The van der Waals surface area contributed by atoms with E-state index in [1.54, 1.807) is 17.1 Å². The normalized spacial score (nSPS) is 19.7. The molecule has 3 amide bonds. The molecule has 1 fully saturated rings. The highest BCUT2D eigenvalue weighted by atomic mass is 16.5. The second kappa shape index (κ2) is 7.96. The van der Waals surface area contributed by atoms with Crippen molar-refractivity contribution in [2.45, 2.75) is 31.4 Å². The molecule has 2 heterocycles. The van der Waals surface area contributed by atoms with Crippen molar-refractivity contribution in [1.82, 2.24) is 20.0 Å². The van der Waals surface area contributed by atoms with Gasteiger partial charge < -0.3 is 10.1 Å². The van der Waals surface area contributed by atoms with Gasteiger partial charge >= 0.3 is 12.0 Å². The standard InChI is InChI=1S/C24H22N4O4/c29-21(32-16-17-13-25-28(14-17)19-9-2-1-3-10-19)15-27-22(30)24(26-23(27)31)12-6-8-18-7-4-5-11-20(18)24/h1-5,7,9-11,13-14H,6,8,12,15-16H2,(H,26,31). The number of hydrogen-bond donors (Lipinski definition) is 1. The first-order chi connectivity index (χ1) is 15.6. The van der Waals surface area contributed by atoms with Crippen LogP contribution in [0.4, 0.5) is 4.79 Å². The highest BCUT2D eigenvalue weighted by Gasteiger charge is 2.54. The van der Waals surface area contributed by atoms with Gasteiger partial charge in [-0.3, -0.25) is 14.5 Å². The number of aromatic nitrogens is 2. The number of esters is 1. The molecule has 1 aliphatic heterocycles. The van der Waals surface area contributed by atoms with Crippen molar-refractivity contribution >= 4 is 17.9 Å². The van der Waals surface area contributed by atoms with E-state index in [1.807, 2.05) is 54.6 Å². The van der Waals surface area contributed by atoms with E-state index in [9.17, 15) is 14.4 Å². The third-order valence-corrected chi connectivity index (χ3v) is 5.99. The number of benzene rings is 2. The van der Waals surface area contributed by atoms with Crippen LogP contribution in [0.3, 0.4) is 0 Å². The van der Waals surface area contributed by atoms with Crippen LogP contribution in [-0.2, 0) is 32.9 Å². The molecule has 1 aromatic heterocycles. The number of carbonyl (C=O) groups is 3. The summed E-state index contributed by atoms with van der Waals surface area (Å²) < 4.78 is 7.00. The van der Waals surface area contributed by atoms with Crippen molar-refractivity contribution in [1.29, 1.82) is 0 Å². The number of hydrogen-bond acceptors (Lipinski definition) is 5. The molecule has 1 unspecified atom stereocenters. The van der Waals surface area contributed by atoms with E-state index in [4.69, 9.17) is 4.74 Å². The van der Waals surface area contributed by atoms with Gasteiger partial charge in [0, 0.05) is 11.8 Å². The first-order valence-electron chi connectivity index (χ1n) is 10.5. The largest absolute Gasteiger partial charge is 0.459 e. The number of rotatable bonds is 5. The van der Waals surface area contributed by atoms with Crippen LogP contribution in [-0.4, -0.2) is 39.1 Å². The second-order valence-electron chi connectivity index (χ2n) is 8.03. The maximum Gasteiger partial charge on any atom is 0.326 e. The van der Waals surface area contributed by atoms with Gasteiger partial charge in [0.2, 0.25) is 0 Å². The maximum atomic E-state index is 13.2. The molecule has 0 saturated carbocycles. The van der Waals surface area contributed by atoms with Gasteiger partial charge in [-0.1, -0.05) is 42.5 Å². The van der Waals surface area contributed by atoms with Crippen LogP contribution >= 0.6 is 0 Å². The summed E-state index contributed by atoms with van der Waals surface area (Å²) in [4.78, 5) is 39.2. The Morgan fingerprint density at radius 2 is 1.88 bits per heavy atom. The Morgan fingerprint density at radius 3 is 2.72 bits per heavy atom. The third kappa shape index (κ3) is 3.43. The summed E-state index contributed by atoms with van der Waals surface area (Å²) in [6, 6.07) is 16.6. The first-order valence-corrected chi connectivity index (χ1v) is 10.5. The van der Waals surface area contributed by atoms with Gasteiger partial charge in [-0.05, 0) is 42.5 Å². The minimum Gasteiger partial charge on any atom is -0.459 e. The lowest BCUT2D eigenvalue weighted by molar-refractivity contribution is -0.149. The van der Waals surface area contributed by atoms with Gasteiger partial charge in [-0.15, -0.1) is 0 Å². The van der Waals surface area contributed by atoms with Gasteiger partial charge in [0.25, 0.3) is 5.91 Å². The van der Waals surface area contributed by atoms with Gasteiger partial charge in [0.1, 0.15) is 18.7 Å². The van der Waals surface area contributed by atoms with Gasteiger partial charge in [0.15, 0.2) is 0 Å². The predicted octanol–water partition coefficient (Wildman–Crippen LogP) is 2.70. The molecular formula is C24H22N4O4. The Kier molecular flexibility index (Phi) is 4.97. The number of imide groups is 1. The summed E-state index contributed by atoms with van der Waals surface area (Å²) in [5.41, 5.74) is 2.36. The molecule has 3 aromatic rings. The zero-order chi connectivity index (χ0) is 22.1. The second-order valence-corrected chi connectivity index (χ2v) is 8.03. The number of para-hydroxylation sites is 1. The van der Waals surface area contributed by atoms with Gasteiger partial charge in [0.05, 0.1) is 11.9 Å². The summed E-state index contributed by atoms with van der Waals surface area (Å²) in [7, 11) is 0. The van der Waals surface area contributed by atoms with Gasteiger partial charge in [-0.25, -0.2) is 9.48 Å². The van der Waals surface area contributed by atoms with E-state index < -0.39 is 30.0 Å². The van der Waals surface area contributed by atoms with Gasteiger partial charge in [-0.2, -0.15) is 5.10 Å². The Morgan fingerprint density at radius 1 is 1.09 bits per heavy atom. The topological polar surface area (TPSA) is 93.5 Å². The van der Waals surface area contributed by atoms with Crippen LogP contribution in [0.2, 0.25) is 0 Å². The number of nitrogens with one attached hydrogen (secondary N) is 1. The van der Waals surface area contributed by atoms with Crippen LogP contribution in [0.5, 0.6) is 0 Å². The van der Waals surface area contributed by atoms with Crippen molar-refractivity contribution in [3.8, 4) is 5.69 Å². The molecule has 1 N–H and O–H groups in total. The van der Waals surface area contributed by atoms with Crippen LogP contribution in [0.15, 0.2) is 67.0 Å². The maximum absolute atomic E-state index is 13.2. The molecule has 1 saturated heterocycles. The lowest BCUT2D eigenvalue weighted by Crippen LogP contribution is -2.46. The SMILES string of the molecule is O=C(CN1C(=O)NC2(CCCc3ccccc32)C1=O)OCc1cnn(-c2ccccc2)c1. The molecule has 1 spiro atoms. The third-order valence-electron chi connectivity index (χ3n) is 5.99. The van der Waals surface area contributed by atoms with E-state index in [-0.39, 0.29) is 6.61 Å². The average Bonchev–Trinajstić information content (AvgIpc) is 3.38. The monoisotopic (exact) mass is 430 g/mol. The summed E-state index contributed by atoms with van der Waals surface area (Å²) in [6.07, 6.45) is 5.54. The Balaban J connectivity index is 1.24. The molecule has 1 aliphatic carbocycles. The smallest absolute Gasteiger partial charge is 0.326 e. The summed E-state index contributed by atoms with van der Waals surface area (Å²) in [5, 5.41) is 7.11. The van der Waals surface area contributed by atoms with E-state index in [2.05, 4.69) is 10.4 Å². The average molecular weight is 430 g/mol. The quantitative estimate of drug-likeness (QED) is 0.496. The zero-order valence-electron chi connectivity index (χ0n) is 17.4. The fourth-order valence-electron chi connectivity index (χ4n) is 4.45. The molecule has 0 bridgehead atoms. The van der Waals surface area contributed by atoms with Crippen molar-refractivity contribution in [2.75, 3.05) is 6.54 Å². The number of ether oxygens (including phenoxy) is 1. The number of amides is 3. The van der Waals surface area contributed by atoms with E-state index >= 15 is 0 Å². The molecule has 2 aromatic carbocycles. The number of urea groups is 1. The number of fused-ring (bicyclic) bond motifs is 2. The Hall–Kier alpha value is -3.94. The van der Waals surface area contributed by atoms with Crippen molar-refractivity contribution in [3.05, 3.63) is 83.7 Å². The minimum absolute atomic E-state index is 0.00327. The van der Waals surface area contributed by atoms with E-state index in [1.165, 1.54) is 0 Å². The van der Waals surface area contributed by atoms with Crippen molar-refractivity contribution in [2.24, 2.45) is 0 Å². The van der Waals surface area contributed by atoms with Crippen molar-refractivity contribution < 1.29 is 19.1 Å². The summed E-state index contributed by atoms with van der Waals surface area (Å²) >= 11 is 0. The van der Waals surface area contributed by atoms with Crippen LogP contribution < -0.4 is 5.32 Å². The minimum atomic E-state index is -1.09. The molecule has 2 aliphatic rings. The van der Waals surface area contributed by atoms with Crippen molar-refractivity contribution in [3.63, 3.8) is 0 Å². The fourth-order valence-corrected chi connectivity index (χ4v) is 4.45. The first kappa shape index (κ1) is 20.0. The van der Waals surface area contributed by atoms with Crippen LogP contribution in [0.25, 0.3) is 5.69 Å². The molecule has 32 heavy (non-hydrogen) atoms. The molecule has 8 heteroatoms. The molecule has 1 atom stereocenters. The lowest BCUT2D eigenvalue weighted by atomic mass is 9.76. The fraction of sp³-hybridized carbons (Fsp3) is 0.250. The zero-order valence-corrected chi connectivity index (χ0v) is 17.4. The number of carbonyl (C=O) groups excluding carboxylic acids is 3. The summed E-state index contributed by atoms with van der Waals surface area (Å²) in [5.74, 6) is -1.05. The highest BCUT2D eigenvalue weighted by Crippen LogP contribution is 2.39. The number of nitrogens with zero attached hydrogens (tertiary/aromatic N) is 3. The summed E-state index contributed by atoms with van der Waals surface area (Å²) in [6.45, 7) is -0.426. The van der Waals surface area contributed by atoms with Crippen LogP contribution in [0, 0.1) is 0 Å². The Bertz CT molecular complexity index is 1190. The highest BCUT2D eigenvalue weighted by molar-refractivity contribution is 6.09.